The summed E-state index contributed by atoms with van der Waals surface area (Å²) < 4.78 is 1.01. The van der Waals surface area contributed by atoms with Gasteiger partial charge in [0.1, 0.15) is 11.1 Å². The summed E-state index contributed by atoms with van der Waals surface area (Å²) in [5, 5.41) is 15.4. The highest BCUT2D eigenvalue weighted by Crippen LogP contribution is 2.28. The fraction of sp³-hybridized carbons (Fsp3) is 0.0833. The van der Waals surface area contributed by atoms with Crippen LogP contribution < -0.4 is 5.32 Å². The first kappa shape index (κ1) is 22.2. The Morgan fingerprint density at radius 1 is 1.00 bits per heavy atom. The normalized spacial score (nSPS) is 10.5. The molecule has 1 N–H and O–H groups in total. The second-order valence-electron chi connectivity index (χ2n) is 6.72. The Kier molecular flexibility index (Phi) is 7.32. The summed E-state index contributed by atoms with van der Waals surface area (Å²) >= 11 is 6.22. The average molecular weight is 521 g/mol. The van der Waals surface area contributed by atoms with Crippen molar-refractivity contribution in [3.63, 3.8) is 0 Å². The number of thioether (sulfide) groups is 1. The van der Waals surface area contributed by atoms with E-state index < -0.39 is 0 Å². The number of amides is 1. The molecule has 4 rings (SSSR count). The molecule has 5 nitrogen and oxygen atoms in total. The number of thiazole rings is 1. The highest BCUT2D eigenvalue weighted by Gasteiger charge is 2.11. The molecule has 2 heterocycles. The van der Waals surface area contributed by atoms with Crippen molar-refractivity contribution >= 4 is 50.1 Å². The monoisotopic (exact) mass is 520 g/mol. The van der Waals surface area contributed by atoms with E-state index in [1.54, 1.807) is 6.07 Å². The molecule has 0 unspecified atom stereocenters. The molecule has 0 bridgehead atoms. The maximum absolute atomic E-state index is 12.4. The highest BCUT2D eigenvalue weighted by atomic mass is 79.9. The fourth-order valence-electron chi connectivity index (χ4n) is 2.91. The fourth-order valence-corrected chi connectivity index (χ4v) is 4.82. The molecule has 0 aliphatic rings. The summed E-state index contributed by atoms with van der Waals surface area (Å²) in [4.78, 5) is 21.5. The quantitative estimate of drug-likeness (QED) is 0.276. The van der Waals surface area contributed by atoms with E-state index in [1.807, 2.05) is 66.0 Å². The Bertz CT molecular complexity index is 1270. The Labute approximate surface area is 202 Å². The second kappa shape index (κ2) is 10.6. The van der Waals surface area contributed by atoms with Gasteiger partial charge in [-0.25, -0.2) is 9.97 Å². The van der Waals surface area contributed by atoms with E-state index in [2.05, 4.69) is 37.3 Å². The Hall–Kier alpha value is -2.99. The van der Waals surface area contributed by atoms with E-state index in [4.69, 9.17) is 0 Å². The number of carbonyl (C=O) groups is 1. The zero-order valence-corrected chi connectivity index (χ0v) is 20.0. The van der Waals surface area contributed by atoms with E-state index in [0.29, 0.717) is 27.9 Å². The first-order valence-corrected chi connectivity index (χ1v) is 12.4. The van der Waals surface area contributed by atoms with Crippen LogP contribution in [0, 0.1) is 11.3 Å². The third-order valence-corrected chi connectivity index (χ3v) is 6.79. The van der Waals surface area contributed by atoms with Gasteiger partial charge in [0.05, 0.1) is 17.0 Å². The van der Waals surface area contributed by atoms with Gasteiger partial charge in [0.15, 0.2) is 5.13 Å². The zero-order chi connectivity index (χ0) is 22.3. The third kappa shape index (κ3) is 5.62. The minimum absolute atomic E-state index is 0.119. The Morgan fingerprint density at radius 2 is 1.75 bits per heavy atom. The van der Waals surface area contributed by atoms with Gasteiger partial charge in [-0.1, -0.05) is 58.4 Å². The summed E-state index contributed by atoms with van der Waals surface area (Å²) in [6.07, 6.45) is 0.292. The van der Waals surface area contributed by atoms with Gasteiger partial charge in [-0.05, 0) is 24.3 Å². The Balaban J connectivity index is 1.35. The van der Waals surface area contributed by atoms with Crippen molar-refractivity contribution in [2.75, 3.05) is 11.1 Å². The van der Waals surface area contributed by atoms with E-state index in [9.17, 15) is 10.1 Å². The van der Waals surface area contributed by atoms with Gasteiger partial charge in [-0.15, -0.1) is 23.1 Å². The number of benzene rings is 2. The molecule has 0 fully saturated rings. The molecule has 0 aliphatic heterocycles. The highest BCUT2D eigenvalue weighted by molar-refractivity contribution is 9.10. The van der Waals surface area contributed by atoms with Crippen LogP contribution in [0.5, 0.6) is 0 Å². The zero-order valence-electron chi connectivity index (χ0n) is 16.8. The van der Waals surface area contributed by atoms with Crippen molar-refractivity contribution in [1.82, 2.24) is 9.97 Å². The summed E-state index contributed by atoms with van der Waals surface area (Å²) in [5.41, 5.74) is 4.12. The molecule has 4 aromatic rings. The summed E-state index contributed by atoms with van der Waals surface area (Å²) in [7, 11) is 0. The Morgan fingerprint density at radius 3 is 2.50 bits per heavy atom. The topological polar surface area (TPSA) is 78.7 Å². The number of hydrogen-bond acceptors (Lipinski definition) is 6. The van der Waals surface area contributed by atoms with Crippen LogP contribution in [0.3, 0.4) is 0 Å². The number of carbonyl (C=O) groups excluding carboxylic acids is 1. The van der Waals surface area contributed by atoms with Crippen LogP contribution >= 0.6 is 39.0 Å². The summed E-state index contributed by atoms with van der Waals surface area (Å²) in [6.45, 7) is 0. The average Bonchev–Trinajstić information content (AvgIpc) is 3.28. The molecule has 2 aromatic heterocycles. The number of halogens is 1. The van der Waals surface area contributed by atoms with Gasteiger partial charge in [-0.2, -0.15) is 5.26 Å². The van der Waals surface area contributed by atoms with Gasteiger partial charge in [0.2, 0.25) is 5.91 Å². The number of anilines is 1. The molecule has 0 atom stereocenters. The van der Waals surface area contributed by atoms with Gasteiger partial charge < -0.3 is 5.32 Å². The standard InChI is InChI=1S/C24H17BrN4OS2/c25-19-9-6-17(7-10-19)21-15-32-24(28-21)29-22(30)12-13-31-23-18(14-26)8-11-20(27-23)16-4-2-1-3-5-16/h1-11,15H,12-13H2,(H,28,29,30). The molecule has 0 saturated heterocycles. The van der Waals surface area contributed by atoms with Crippen molar-refractivity contribution in [1.29, 1.82) is 5.26 Å². The molecule has 0 radical (unpaired) electrons. The van der Waals surface area contributed by atoms with Crippen LogP contribution in [0.25, 0.3) is 22.5 Å². The molecule has 0 spiro atoms. The molecule has 1 amide bonds. The number of nitrogens with one attached hydrogen (secondary N) is 1. The van der Waals surface area contributed by atoms with Crippen molar-refractivity contribution in [2.45, 2.75) is 11.4 Å². The largest absolute Gasteiger partial charge is 0.302 e. The lowest BCUT2D eigenvalue weighted by Crippen LogP contribution is -2.12. The summed E-state index contributed by atoms with van der Waals surface area (Å²) in [6, 6.07) is 23.5. The van der Waals surface area contributed by atoms with Crippen molar-refractivity contribution < 1.29 is 4.79 Å². The molecular weight excluding hydrogens is 504 g/mol. The molecular formula is C24H17BrN4OS2. The summed E-state index contributed by atoms with van der Waals surface area (Å²) in [5.74, 6) is 0.392. The number of nitrogens with zero attached hydrogens (tertiary/aromatic N) is 3. The molecule has 32 heavy (non-hydrogen) atoms. The van der Waals surface area contributed by atoms with E-state index in [0.717, 1.165) is 27.0 Å². The SMILES string of the molecule is N#Cc1ccc(-c2ccccc2)nc1SCCC(=O)Nc1nc(-c2ccc(Br)cc2)cs1. The van der Waals surface area contributed by atoms with Crippen LogP contribution in [0.2, 0.25) is 0 Å². The maximum Gasteiger partial charge on any atom is 0.226 e. The van der Waals surface area contributed by atoms with Crippen molar-refractivity contribution in [3.8, 4) is 28.6 Å². The van der Waals surface area contributed by atoms with Gasteiger partial charge in [0, 0.05) is 33.2 Å². The lowest BCUT2D eigenvalue weighted by molar-refractivity contribution is -0.115. The van der Waals surface area contributed by atoms with E-state index in [-0.39, 0.29) is 5.91 Å². The van der Waals surface area contributed by atoms with E-state index in [1.165, 1.54) is 23.1 Å². The number of aromatic nitrogens is 2. The minimum atomic E-state index is -0.119. The predicted octanol–water partition coefficient (Wildman–Crippen LogP) is 6.63. The van der Waals surface area contributed by atoms with Crippen LogP contribution in [0.15, 0.2) is 81.6 Å². The maximum atomic E-state index is 12.4. The first-order chi connectivity index (χ1) is 15.6. The van der Waals surface area contributed by atoms with Gasteiger partial charge in [0.25, 0.3) is 0 Å². The predicted molar refractivity (Wildman–Crippen MR) is 134 cm³/mol. The number of nitriles is 1. The lowest BCUT2D eigenvalue weighted by Gasteiger charge is -2.07. The second-order valence-corrected chi connectivity index (χ2v) is 9.58. The molecule has 2 aromatic carbocycles. The van der Waals surface area contributed by atoms with Crippen molar-refractivity contribution in [2.24, 2.45) is 0 Å². The number of pyridine rings is 1. The van der Waals surface area contributed by atoms with Crippen molar-refractivity contribution in [3.05, 3.63) is 82.1 Å². The van der Waals surface area contributed by atoms with E-state index >= 15 is 0 Å². The lowest BCUT2D eigenvalue weighted by atomic mass is 10.1. The van der Waals surface area contributed by atoms with Gasteiger partial charge in [-0.3, -0.25) is 4.79 Å². The molecule has 158 valence electrons. The first-order valence-electron chi connectivity index (χ1n) is 9.73. The van der Waals surface area contributed by atoms with Gasteiger partial charge >= 0.3 is 0 Å². The molecule has 0 saturated carbocycles. The van der Waals surface area contributed by atoms with Crippen LogP contribution in [0.1, 0.15) is 12.0 Å². The van der Waals surface area contributed by atoms with Crippen LogP contribution in [-0.2, 0) is 4.79 Å². The third-order valence-electron chi connectivity index (χ3n) is 4.51. The van der Waals surface area contributed by atoms with Crippen LogP contribution in [0.4, 0.5) is 5.13 Å². The molecule has 0 aliphatic carbocycles. The molecule has 8 heteroatoms. The number of rotatable bonds is 7. The van der Waals surface area contributed by atoms with Crippen LogP contribution in [-0.4, -0.2) is 21.6 Å². The number of hydrogen-bond donors (Lipinski definition) is 1. The minimum Gasteiger partial charge on any atom is -0.302 e. The smallest absolute Gasteiger partial charge is 0.226 e.